The lowest BCUT2D eigenvalue weighted by atomic mass is 10.1. The molecule has 0 saturated carbocycles. The quantitative estimate of drug-likeness (QED) is 0.585. The van der Waals surface area contributed by atoms with E-state index in [0.717, 1.165) is 10.7 Å². The number of carbonyl (C=O) groups excluding carboxylic acids is 2. The van der Waals surface area contributed by atoms with E-state index in [1.54, 1.807) is 23.1 Å². The molecule has 35 heavy (non-hydrogen) atoms. The molecule has 2 aliphatic heterocycles. The van der Waals surface area contributed by atoms with Gasteiger partial charge in [0.1, 0.15) is 6.04 Å². The number of aryl methyl sites for hydroxylation is 2. The average molecular weight is 499 g/mol. The maximum absolute atomic E-state index is 13.6. The van der Waals surface area contributed by atoms with Crippen LogP contribution < -0.4 is 4.90 Å². The second kappa shape index (κ2) is 10.3. The summed E-state index contributed by atoms with van der Waals surface area (Å²) in [6, 6.07) is 12.9. The monoisotopic (exact) mass is 498 g/mol. The van der Waals surface area contributed by atoms with Crippen LogP contribution in [0.25, 0.3) is 0 Å². The van der Waals surface area contributed by atoms with E-state index in [1.807, 2.05) is 6.92 Å². The topological polar surface area (TPSA) is 81.2 Å². The molecule has 0 N–H and O–H groups in total. The van der Waals surface area contributed by atoms with E-state index in [1.165, 1.54) is 33.8 Å². The lowest BCUT2D eigenvalue weighted by Crippen LogP contribution is -2.54. The second-order valence-electron chi connectivity index (χ2n) is 9.30. The molecule has 1 atom stereocenters. The van der Waals surface area contributed by atoms with Crippen LogP contribution >= 0.6 is 0 Å². The van der Waals surface area contributed by atoms with Crippen LogP contribution in [-0.4, -0.2) is 79.8 Å². The number of nitrogens with zero attached hydrogens (tertiary/aromatic N) is 4. The molecule has 0 aromatic heterocycles. The van der Waals surface area contributed by atoms with E-state index in [-0.39, 0.29) is 17.3 Å². The van der Waals surface area contributed by atoms with Gasteiger partial charge in [0.05, 0.1) is 11.4 Å². The van der Waals surface area contributed by atoms with Gasteiger partial charge in [-0.15, -0.1) is 0 Å². The van der Waals surface area contributed by atoms with Crippen LogP contribution in [0, 0.1) is 13.8 Å². The van der Waals surface area contributed by atoms with Crippen LogP contribution in [0.2, 0.25) is 0 Å². The van der Waals surface area contributed by atoms with Crippen molar-refractivity contribution in [3.05, 3.63) is 59.7 Å². The molecule has 2 heterocycles. The number of carbonyl (C=O) groups is 2. The third-order valence-corrected chi connectivity index (χ3v) is 8.59. The fraction of sp³-hybridized carbons (Fsp3) is 0.462. The summed E-state index contributed by atoms with van der Waals surface area (Å²) in [5, 5.41) is 0. The van der Waals surface area contributed by atoms with Crippen LogP contribution in [0.5, 0.6) is 0 Å². The van der Waals surface area contributed by atoms with Crippen molar-refractivity contribution in [1.29, 1.82) is 0 Å². The molecule has 9 heteroatoms. The number of piperazine rings is 1. The highest BCUT2D eigenvalue weighted by Crippen LogP contribution is 2.27. The van der Waals surface area contributed by atoms with Gasteiger partial charge in [0.25, 0.3) is 10.0 Å². The maximum atomic E-state index is 13.6. The Balaban J connectivity index is 1.51. The number of unbranched alkanes of at least 4 members (excludes halogenated alkanes) is 1. The summed E-state index contributed by atoms with van der Waals surface area (Å²) in [7, 11) is -4.03. The molecule has 188 valence electrons. The maximum Gasteiger partial charge on any atom is 0.334 e. The first kappa shape index (κ1) is 25.0. The van der Waals surface area contributed by atoms with E-state index in [0.29, 0.717) is 39.1 Å². The Morgan fingerprint density at radius 1 is 1.00 bits per heavy atom. The summed E-state index contributed by atoms with van der Waals surface area (Å²) >= 11 is 0. The predicted molar refractivity (Wildman–Crippen MR) is 136 cm³/mol. The smallest absolute Gasteiger partial charge is 0.334 e. The Labute approximate surface area is 208 Å². The molecule has 1 unspecified atom stereocenters. The van der Waals surface area contributed by atoms with Gasteiger partial charge in [0, 0.05) is 38.4 Å². The Morgan fingerprint density at radius 3 is 2.34 bits per heavy atom. The highest BCUT2D eigenvalue weighted by molar-refractivity contribution is 7.89. The average Bonchev–Trinajstić information content (AvgIpc) is 3.21. The van der Waals surface area contributed by atoms with Crippen molar-refractivity contribution in [2.24, 2.45) is 0 Å². The zero-order valence-corrected chi connectivity index (χ0v) is 21.5. The van der Waals surface area contributed by atoms with Crippen molar-refractivity contribution in [2.45, 2.75) is 44.6 Å². The molecular weight excluding hydrogens is 464 g/mol. The van der Waals surface area contributed by atoms with Gasteiger partial charge in [-0.25, -0.2) is 17.5 Å². The number of rotatable bonds is 7. The number of urea groups is 1. The summed E-state index contributed by atoms with van der Waals surface area (Å²) < 4.78 is 27.3. The van der Waals surface area contributed by atoms with Crippen LogP contribution in [0.1, 0.15) is 30.9 Å². The first-order chi connectivity index (χ1) is 16.7. The molecule has 2 saturated heterocycles. The van der Waals surface area contributed by atoms with Gasteiger partial charge in [-0.2, -0.15) is 0 Å². The standard InChI is InChI=1S/C26H34N4O4S/c1-4-5-13-29-24(19-30(26(29)32)35(33,34)22-9-7-6-8-10-22)25(31)28-16-14-27(15-17-28)23-18-20(2)11-12-21(23)3/h6-12,18,24H,4-5,13-17,19H2,1-3H3. The number of sulfonamides is 1. The molecule has 2 fully saturated rings. The molecule has 0 bridgehead atoms. The van der Waals surface area contributed by atoms with Crippen molar-refractivity contribution in [2.75, 3.05) is 44.2 Å². The molecule has 0 aliphatic carbocycles. The highest BCUT2D eigenvalue weighted by Gasteiger charge is 2.48. The first-order valence-corrected chi connectivity index (χ1v) is 13.7. The summed E-state index contributed by atoms with van der Waals surface area (Å²) in [5.74, 6) is -0.180. The largest absolute Gasteiger partial charge is 0.368 e. The molecule has 3 amide bonds. The molecule has 2 aromatic rings. The van der Waals surface area contributed by atoms with E-state index in [4.69, 9.17) is 0 Å². The van der Waals surface area contributed by atoms with Gasteiger partial charge in [-0.1, -0.05) is 43.7 Å². The van der Waals surface area contributed by atoms with Crippen molar-refractivity contribution in [3.63, 3.8) is 0 Å². The van der Waals surface area contributed by atoms with Crippen LogP contribution in [0.4, 0.5) is 10.5 Å². The number of hydrogen-bond donors (Lipinski definition) is 0. The van der Waals surface area contributed by atoms with Gasteiger partial charge in [0.2, 0.25) is 5.91 Å². The molecular formula is C26H34N4O4S. The number of anilines is 1. The summed E-state index contributed by atoms with van der Waals surface area (Å²) in [6.45, 7) is 8.81. The summed E-state index contributed by atoms with van der Waals surface area (Å²) in [6.07, 6.45) is 1.54. The SMILES string of the molecule is CCCCN1C(=O)N(S(=O)(=O)c2ccccc2)CC1C(=O)N1CCN(c2cc(C)ccc2C)CC1. The number of hydrogen-bond acceptors (Lipinski definition) is 5. The molecule has 8 nitrogen and oxygen atoms in total. The molecule has 2 aromatic carbocycles. The van der Waals surface area contributed by atoms with Gasteiger partial charge in [-0.05, 0) is 49.6 Å². The van der Waals surface area contributed by atoms with Gasteiger partial charge in [-0.3, -0.25) is 4.79 Å². The second-order valence-corrected chi connectivity index (χ2v) is 11.2. The Hall–Kier alpha value is -3.07. The van der Waals surface area contributed by atoms with E-state index in [9.17, 15) is 18.0 Å². The minimum atomic E-state index is -4.03. The van der Waals surface area contributed by atoms with Crippen LogP contribution in [-0.2, 0) is 14.8 Å². The Morgan fingerprint density at radius 2 is 1.69 bits per heavy atom. The number of benzene rings is 2. The van der Waals surface area contributed by atoms with Crippen molar-refractivity contribution in [1.82, 2.24) is 14.1 Å². The Bertz CT molecular complexity index is 1180. The fourth-order valence-electron chi connectivity index (χ4n) is 4.76. The zero-order chi connectivity index (χ0) is 25.2. The normalized spacial score (nSPS) is 18.9. The highest BCUT2D eigenvalue weighted by atomic mass is 32.2. The van der Waals surface area contributed by atoms with Crippen molar-refractivity contribution < 1.29 is 18.0 Å². The van der Waals surface area contributed by atoms with Crippen LogP contribution in [0.3, 0.4) is 0 Å². The lowest BCUT2D eigenvalue weighted by Gasteiger charge is -2.38. The molecule has 2 aliphatic rings. The Kier molecular flexibility index (Phi) is 7.35. The lowest BCUT2D eigenvalue weighted by molar-refractivity contribution is -0.135. The number of amides is 3. The summed E-state index contributed by atoms with van der Waals surface area (Å²) in [5.41, 5.74) is 3.57. The van der Waals surface area contributed by atoms with E-state index >= 15 is 0 Å². The first-order valence-electron chi connectivity index (χ1n) is 12.2. The van der Waals surface area contributed by atoms with Gasteiger partial charge in [0.15, 0.2) is 0 Å². The van der Waals surface area contributed by atoms with Gasteiger partial charge < -0.3 is 14.7 Å². The molecule has 0 spiro atoms. The molecule has 4 rings (SSSR count). The van der Waals surface area contributed by atoms with E-state index < -0.39 is 22.1 Å². The van der Waals surface area contributed by atoms with E-state index in [2.05, 4.69) is 36.9 Å². The summed E-state index contributed by atoms with van der Waals surface area (Å²) in [4.78, 5) is 32.4. The van der Waals surface area contributed by atoms with Crippen LogP contribution in [0.15, 0.2) is 53.4 Å². The zero-order valence-electron chi connectivity index (χ0n) is 20.7. The van der Waals surface area contributed by atoms with Crippen molar-refractivity contribution in [3.8, 4) is 0 Å². The third-order valence-electron chi connectivity index (χ3n) is 6.84. The predicted octanol–water partition coefficient (Wildman–Crippen LogP) is 3.25. The minimum absolute atomic E-state index is 0.0547. The fourth-order valence-corrected chi connectivity index (χ4v) is 6.16. The third kappa shape index (κ3) is 5.00. The van der Waals surface area contributed by atoms with Crippen molar-refractivity contribution >= 4 is 27.6 Å². The molecule has 0 radical (unpaired) electrons. The van der Waals surface area contributed by atoms with Gasteiger partial charge >= 0.3 is 6.03 Å². The minimum Gasteiger partial charge on any atom is -0.368 e.